The Kier molecular flexibility index (Phi) is 4.93. The number of halogens is 2. The first kappa shape index (κ1) is 15.9. The topological polar surface area (TPSA) is 49.3 Å². The molecule has 0 aromatic heterocycles. The van der Waals surface area contributed by atoms with Crippen molar-refractivity contribution in [1.82, 2.24) is 5.32 Å². The van der Waals surface area contributed by atoms with Crippen molar-refractivity contribution >= 4 is 5.91 Å². The third kappa shape index (κ3) is 3.07. The molecule has 5 heteroatoms. The molecule has 2 N–H and O–H groups in total. The second kappa shape index (κ2) is 6.52. The van der Waals surface area contributed by atoms with E-state index in [1.165, 1.54) is 12.1 Å². The SMILES string of the molecule is CCC(CCO)NC(=O)C1(c2ccc(F)cc2F)CCC1. The Balaban J connectivity index is 2.22. The van der Waals surface area contributed by atoms with Crippen molar-refractivity contribution in [2.45, 2.75) is 50.5 Å². The van der Waals surface area contributed by atoms with Crippen LogP contribution >= 0.6 is 0 Å². The number of aliphatic hydroxyl groups is 1. The van der Waals surface area contributed by atoms with Crippen molar-refractivity contribution < 1.29 is 18.7 Å². The average Bonchev–Trinajstić information content (AvgIpc) is 2.39. The van der Waals surface area contributed by atoms with E-state index in [0.29, 0.717) is 25.7 Å². The number of aliphatic hydroxyl groups excluding tert-OH is 1. The summed E-state index contributed by atoms with van der Waals surface area (Å²) >= 11 is 0. The molecule has 0 bridgehead atoms. The summed E-state index contributed by atoms with van der Waals surface area (Å²) in [4.78, 5) is 12.6. The van der Waals surface area contributed by atoms with Crippen LogP contribution in [-0.2, 0) is 10.2 Å². The second-order valence-electron chi connectivity index (χ2n) is 5.65. The van der Waals surface area contributed by atoms with Crippen molar-refractivity contribution in [2.75, 3.05) is 6.61 Å². The number of benzene rings is 1. The molecule has 0 radical (unpaired) electrons. The summed E-state index contributed by atoms with van der Waals surface area (Å²) in [6, 6.07) is 3.27. The summed E-state index contributed by atoms with van der Waals surface area (Å²) in [7, 11) is 0. The van der Waals surface area contributed by atoms with Crippen molar-refractivity contribution in [1.29, 1.82) is 0 Å². The summed E-state index contributed by atoms with van der Waals surface area (Å²) in [5.41, 5.74) is -0.618. The van der Waals surface area contributed by atoms with E-state index in [-0.39, 0.29) is 24.1 Å². The summed E-state index contributed by atoms with van der Waals surface area (Å²) in [6.07, 6.45) is 3.16. The molecule has 1 aromatic carbocycles. The third-order valence-electron chi connectivity index (χ3n) is 4.39. The summed E-state index contributed by atoms with van der Waals surface area (Å²) < 4.78 is 27.1. The molecule has 1 fully saturated rings. The van der Waals surface area contributed by atoms with Crippen LogP contribution in [0.4, 0.5) is 8.78 Å². The van der Waals surface area contributed by atoms with Crippen LogP contribution in [0.2, 0.25) is 0 Å². The molecule has 1 atom stereocenters. The van der Waals surface area contributed by atoms with Crippen molar-refractivity contribution in [3.8, 4) is 0 Å². The van der Waals surface area contributed by atoms with Gasteiger partial charge in [-0.25, -0.2) is 8.78 Å². The van der Waals surface area contributed by atoms with Crippen molar-refractivity contribution in [2.24, 2.45) is 0 Å². The van der Waals surface area contributed by atoms with Crippen LogP contribution in [0.3, 0.4) is 0 Å². The van der Waals surface area contributed by atoms with Gasteiger partial charge >= 0.3 is 0 Å². The summed E-state index contributed by atoms with van der Waals surface area (Å²) in [5.74, 6) is -1.53. The zero-order valence-electron chi connectivity index (χ0n) is 12.2. The van der Waals surface area contributed by atoms with Gasteiger partial charge in [-0.05, 0) is 31.7 Å². The highest BCUT2D eigenvalue weighted by molar-refractivity contribution is 5.89. The summed E-state index contributed by atoms with van der Waals surface area (Å²) in [5, 5.41) is 11.9. The standard InChI is InChI=1S/C16H21F2NO2/c1-2-12(6-9-20)19-15(21)16(7-3-8-16)13-5-4-11(17)10-14(13)18/h4-5,10,12,20H,2-3,6-9H2,1H3,(H,19,21). The van der Waals surface area contributed by atoms with Gasteiger partial charge in [0.25, 0.3) is 0 Å². The highest BCUT2D eigenvalue weighted by Crippen LogP contribution is 2.45. The number of rotatable bonds is 6. The van der Waals surface area contributed by atoms with Crippen LogP contribution in [0.15, 0.2) is 18.2 Å². The number of hydrogen-bond donors (Lipinski definition) is 2. The van der Waals surface area contributed by atoms with Crippen LogP contribution < -0.4 is 5.32 Å². The second-order valence-corrected chi connectivity index (χ2v) is 5.65. The molecule has 21 heavy (non-hydrogen) atoms. The monoisotopic (exact) mass is 297 g/mol. The molecule has 116 valence electrons. The molecule has 1 aliphatic carbocycles. The minimum atomic E-state index is -0.888. The number of carbonyl (C=O) groups is 1. The third-order valence-corrected chi connectivity index (χ3v) is 4.39. The minimum absolute atomic E-state index is 0.00328. The van der Waals surface area contributed by atoms with Crippen LogP contribution in [0.5, 0.6) is 0 Å². The van der Waals surface area contributed by atoms with Gasteiger partial charge in [0.1, 0.15) is 11.6 Å². The van der Waals surface area contributed by atoms with Gasteiger partial charge in [-0.15, -0.1) is 0 Å². The van der Waals surface area contributed by atoms with Gasteiger partial charge in [0, 0.05) is 24.3 Å². The molecule has 0 saturated heterocycles. The number of hydrogen-bond acceptors (Lipinski definition) is 2. The van der Waals surface area contributed by atoms with Crippen molar-refractivity contribution in [3.05, 3.63) is 35.4 Å². The molecule has 1 aromatic rings. The van der Waals surface area contributed by atoms with E-state index in [1.807, 2.05) is 6.92 Å². The molecule has 1 saturated carbocycles. The molecule has 1 unspecified atom stereocenters. The van der Waals surface area contributed by atoms with Crippen LogP contribution in [0.1, 0.15) is 44.6 Å². The van der Waals surface area contributed by atoms with E-state index in [9.17, 15) is 13.6 Å². The zero-order chi connectivity index (χ0) is 15.5. The van der Waals surface area contributed by atoms with Gasteiger partial charge in [-0.3, -0.25) is 4.79 Å². The Morgan fingerprint density at radius 2 is 2.14 bits per heavy atom. The molecule has 2 rings (SSSR count). The minimum Gasteiger partial charge on any atom is -0.396 e. The quantitative estimate of drug-likeness (QED) is 0.848. The van der Waals surface area contributed by atoms with Gasteiger partial charge in [0.15, 0.2) is 0 Å². The van der Waals surface area contributed by atoms with E-state index in [0.717, 1.165) is 12.5 Å². The lowest BCUT2D eigenvalue weighted by molar-refractivity contribution is -0.131. The number of nitrogens with one attached hydrogen (secondary N) is 1. The van der Waals surface area contributed by atoms with E-state index in [4.69, 9.17) is 5.11 Å². The normalized spacial score (nSPS) is 17.9. The highest BCUT2D eigenvalue weighted by atomic mass is 19.1. The smallest absolute Gasteiger partial charge is 0.230 e. The molecule has 3 nitrogen and oxygen atoms in total. The largest absolute Gasteiger partial charge is 0.396 e. The fraction of sp³-hybridized carbons (Fsp3) is 0.562. The lowest BCUT2D eigenvalue weighted by Crippen LogP contribution is -2.52. The Hall–Kier alpha value is -1.49. The molecule has 1 amide bonds. The van der Waals surface area contributed by atoms with Gasteiger partial charge in [0.05, 0.1) is 5.41 Å². The van der Waals surface area contributed by atoms with E-state index < -0.39 is 17.0 Å². The molecular weight excluding hydrogens is 276 g/mol. The zero-order valence-corrected chi connectivity index (χ0v) is 12.2. The predicted molar refractivity (Wildman–Crippen MR) is 75.8 cm³/mol. The van der Waals surface area contributed by atoms with Gasteiger partial charge in [-0.1, -0.05) is 19.4 Å². The molecule has 0 aliphatic heterocycles. The molecule has 0 spiro atoms. The van der Waals surface area contributed by atoms with Crippen LogP contribution in [-0.4, -0.2) is 23.7 Å². The fourth-order valence-electron chi connectivity index (χ4n) is 2.88. The van der Waals surface area contributed by atoms with Gasteiger partial charge in [0.2, 0.25) is 5.91 Å². The molecule has 1 aliphatic rings. The summed E-state index contributed by atoms with van der Waals surface area (Å²) in [6.45, 7) is 1.92. The first-order valence-corrected chi connectivity index (χ1v) is 7.41. The van der Waals surface area contributed by atoms with Crippen LogP contribution in [0.25, 0.3) is 0 Å². The van der Waals surface area contributed by atoms with Crippen LogP contribution in [0, 0.1) is 11.6 Å². The lowest BCUT2D eigenvalue weighted by Gasteiger charge is -2.41. The fourth-order valence-corrected chi connectivity index (χ4v) is 2.88. The van der Waals surface area contributed by atoms with E-state index in [1.54, 1.807) is 0 Å². The van der Waals surface area contributed by atoms with E-state index >= 15 is 0 Å². The lowest BCUT2D eigenvalue weighted by atomic mass is 9.63. The maximum atomic E-state index is 14.0. The average molecular weight is 297 g/mol. The maximum absolute atomic E-state index is 14.0. The predicted octanol–water partition coefficient (Wildman–Crippen LogP) is 2.66. The first-order valence-electron chi connectivity index (χ1n) is 7.41. The maximum Gasteiger partial charge on any atom is 0.230 e. The highest BCUT2D eigenvalue weighted by Gasteiger charge is 2.47. The Bertz CT molecular complexity index is 515. The first-order chi connectivity index (χ1) is 10.0. The number of amides is 1. The Morgan fingerprint density at radius 1 is 1.43 bits per heavy atom. The van der Waals surface area contributed by atoms with Crippen molar-refractivity contribution in [3.63, 3.8) is 0 Å². The molecule has 0 heterocycles. The molecular formula is C16H21F2NO2. The van der Waals surface area contributed by atoms with E-state index in [2.05, 4.69) is 5.32 Å². The Labute approximate surface area is 123 Å². The Morgan fingerprint density at radius 3 is 2.62 bits per heavy atom. The number of carbonyl (C=O) groups excluding carboxylic acids is 1. The van der Waals surface area contributed by atoms with Gasteiger partial charge in [-0.2, -0.15) is 0 Å². The van der Waals surface area contributed by atoms with Gasteiger partial charge < -0.3 is 10.4 Å².